The number of amides is 1. The van der Waals surface area contributed by atoms with Crippen molar-refractivity contribution < 1.29 is 14.3 Å². The van der Waals surface area contributed by atoms with Crippen LogP contribution in [0.4, 0.5) is 0 Å². The van der Waals surface area contributed by atoms with Gasteiger partial charge in [-0.25, -0.2) is 0 Å². The van der Waals surface area contributed by atoms with Crippen LogP contribution in [0, 0.1) is 0 Å². The Bertz CT molecular complexity index is 301. The molecule has 0 N–H and O–H groups in total. The zero-order valence-electron chi connectivity index (χ0n) is 9.50. The van der Waals surface area contributed by atoms with E-state index < -0.39 is 0 Å². The largest absolute Gasteiger partial charge is 0.473 e. The Kier molecular flexibility index (Phi) is 3.17. The molecule has 1 heterocycles. The number of nitrogens with zero attached hydrogens (tertiary/aromatic N) is 1. The maximum atomic E-state index is 11.5. The van der Waals surface area contributed by atoms with E-state index in [2.05, 4.69) is 6.58 Å². The van der Waals surface area contributed by atoms with Crippen molar-refractivity contribution in [2.75, 3.05) is 6.54 Å². The molecular weight excluding hydrogens is 194 g/mol. The van der Waals surface area contributed by atoms with Crippen LogP contribution in [0.2, 0.25) is 0 Å². The number of likely N-dealkylation sites (tertiary alicyclic amines) is 1. The molecule has 0 radical (unpaired) electrons. The molecule has 1 aliphatic rings. The van der Waals surface area contributed by atoms with Crippen molar-refractivity contribution in [3.8, 4) is 0 Å². The van der Waals surface area contributed by atoms with Gasteiger partial charge >= 0.3 is 0 Å². The van der Waals surface area contributed by atoms with Gasteiger partial charge < -0.3 is 4.74 Å². The summed E-state index contributed by atoms with van der Waals surface area (Å²) in [5.74, 6) is 0.0975. The second-order valence-corrected chi connectivity index (χ2v) is 4.62. The summed E-state index contributed by atoms with van der Waals surface area (Å²) >= 11 is 0. The molecule has 4 heteroatoms. The van der Waals surface area contributed by atoms with Crippen LogP contribution in [0.25, 0.3) is 0 Å². The smallest absolute Gasteiger partial charge is 0.236 e. The summed E-state index contributed by atoms with van der Waals surface area (Å²) in [6.07, 6.45) is 0.352. The summed E-state index contributed by atoms with van der Waals surface area (Å²) in [4.78, 5) is 23.9. The SMILES string of the molecule is C=C(OC(C)(C)C)N1CCC(=O)CC1=O. The average Bonchev–Trinajstić information content (AvgIpc) is 1.99. The normalized spacial score (nSPS) is 17.9. The van der Waals surface area contributed by atoms with Gasteiger partial charge in [0.1, 0.15) is 11.4 Å². The lowest BCUT2D eigenvalue weighted by Crippen LogP contribution is -2.40. The Labute approximate surface area is 89.9 Å². The molecule has 0 unspecified atom stereocenters. The van der Waals surface area contributed by atoms with E-state index in [1.165, 1.54) is 4.90 Å². The van der Waals surface area contributed by atoms with Crippen LogP contribution in [-0.2, 0) is 14.3 Å². The quantitative estimate of drug-likeness (QED) is 0.513. The molecule has 1 fully saturated rings. The molecule has 0 aromatic rings. The highest BCUT2D eigenvalue weighted by molar-refractivity contribution is 6.00. The monoisotopic (exact) mass is 211 g/mol. The van der Waals surface area contributed by atoms with E-state index in [0.29, 0.717) is 18.8 Å². The highest BCUT2D eigenvalue weighted by atomic mass is 16.5. The maximum absolute atomic E-state index is 11.5. The third-order valence-electron chi connectivity index (χ3n) is 1.99. The number of ketones is 1. The van der Waals surface area contributed by atoms with Gasteiger partial charge in [-0.3, -0.25) is 14.5 Å². The minimum atomic E-state index is -0.376. The minimum absolute atomic E-state index is 0.0141. The van der Waals surface area contributed by atoms with Gasteiger partial charge in [-0.2, -0.15) is 0 Å². The van der Waals surface area contributed by atoms with E-state index in [0.717, 1.165) is 0 Å². The zero-order valence-corrected chi connectivity index (χ0v) is 9.50. The second-order valence-electron chi connectivity index (χ2n) is 4.62. The van der Waals surface area contributed by atoms with Crippen molar-refractivity contribution in [3.63, 3.8) is 0 Å². The molecule has 0 saturated carbocycles. The molecule has 0 aliphatic carbocycles. The summed E-state index contributed by atoms with van der Waals surface area (Å²) in [6.45, 7) is 9.75. The van der Waals surface area contributed by atoms with Gasteiger partial charge in [0.05, 0.1) is 6.42 Å². The van der Waals surface area contributed by atoms with Gasteiger partial charge in [0, 0.05) is 13.0 Å². The minimum Gasteiger partial charge on any atom is -0.473 e. The number of carbonyl (C=O) groups is 2. The van der Waals surface area contributed by atoms with Gasteiger partial charge in [-0.15, -0.1) is 0 Å². The van der Waals surface area contributed by atoms with E-state index in [9.17, 15) is 9.59 Å². The topological polar surface area (TPSA) is 46.6 Å². The number of carbonyl (C=O) groups excluding carboxylic acids is 2. The molecule has 0 atom stereocenters. The molecule has 84 valence electrons. The summed E-state index contributed by atoms with van der Waals surface area (Å²) in [5, 5.41) is 0. The van der Waals surface area contributed by atoms with Crippen LogP contribution in [0.15, 0.2) is 12.5 Å². The Morgan fingerprint density at radius 3 is 2.47 bits per heavy atom. The predicted molar refractivity (Wildman–Crippen MR) is 55.9 cm³/mol. The highest BCUT2D eigenvalue weighted by Gasteiger charge is 2.28. The number of rotatable bonds is 2. The van der Waals surface area contributed by atoms with Crippen LogP contribution in [0.1, 0.15) is 33.6 Å². The van der Waals surface area contributed by atoms with E-state index in [1.54, 1.807) is 0 Å². The van der Waals surface area contributed by atoms with E-state index in [1.807, 2.05) is 20.8 Å². The third kappa shape index (κ3) is 3.38. The van der Waals surface area contributed by atoms with Crippen molar-refractivity contribution in [3.05, 3.63) is 12.5 Å². The van der Waals surface area contributed by atoms with Gasteiger partial charge in [-0.05, 0) is 27.4 Å². The lowest BCUT2D eigenvalue weighted by Gasteiger charge is -2.31. The molecule has 0 aromatic heterocycles. The van der Waals surface area contributed by atoms with Crippen LogP contribution in [0.5, 0.6) is 0 Å². The Balaban J connectivity index is 2.61. The summed E-state index contributed by atoms with van der Waals surface area (Å²) in [7, 11) is 0. The lowest BCUT2D eigenvalue weighted by atomic mass is 10.1. The predicted octanol–water partition coefficient (Wildman–Crippen LogP) is 1.46. The van der Waals surface area contributed by atoms with E-state index in [-0.39, 0.29) is 23.7 Å². The Morgan fingerprint density at radius 1 is 1.40 bits per heavy atom. The van der Waals surface area contributed by atoms with E-state index in [4.69, 9.17) is 4.74 Å². The first-order chi connectivity index (χ1) is 6.79. The van der Waals surface area contributed by atoms with Crippen LogP contribution in [0.3, 0.4) is 0 Å². The van der Waals surface area contributed by atoms with Crippen molar-refractivity contribution in [1.82, 2.24) is 4.90 Å². The lowest BCUT2D eigenvalue weighted by molar-refractivity contribution is -0.141. The molecule has 1 aliphatic heterocycles. The highest BCUT2D eigenvalue weighted by Crippen LogP contribution is 2.19. The van der Waals surface area contributed by atoms with Crippen molar-refractivity contribution in [2.45, 2.75) is 39.2 Å². The molecule has 0 aromatic carbocycles. The van der Waals surface area contributed by atoms with Crippen molar-refractivity contribution in [2.24, 2.45) is 0 Å². The maximum Gasteiger partial charge on any atom is 0.236 e. The van der Waals surface area contributed by atoms with Crippen LogP contribution in [-0.4, -0.2) is 28.7 Å². The Morgan fingerprint density at radius 2 is 2.00 bits per heavy atom. The standard InChI is InChI=1S/C11H17NO3/c1-8(15-11(2,3)4)12-6-5-9(13)7-10(12)14/h1,5-7H2,2-4H3. The van der Waals surface area contributed by atoms with Crippen molar-refractivity contribution >= 4 is 11.7 Å². The number of piperidine rings is 1. The molecule has 4 nitrogen and oxygen atoms in total. The van der Waals surface area contributed by atoms with Crippen LogP contribution >= 0.6 is 0 Å². The van der Waals surface area contributed by atoms with Gasteiger partial charge in [-0.1, -0.05) is 0 Å². The van der Waals surface area contributed by atoms with Gasteiger partial charge in [0.2, 0.25) is 5.91 Å². The molecule has 1 rings (SSSR count). The van der Waals surface area contributed by atoms with Crippen LogP contribution < -0.4 is 0 Å². The fourth-order valence-corrected chi connectivity index (χ4v) is 1.39. The molecular formula is C11H17NO3. The first-order valence-corrected chi connectivity index (χ1v) is 4.99. The third-order valence-corrected chi connectivity index (χ3v) is 1.99. The number of hydrogen-bond acceptors (Lipinski definition) is 3. The molecule has 0 bridgehead atoms. The zero-order chi connectivity index (χ0) is 11.6. The average molecular weight is 211 g/mol. The summed E-state index contributed by atoms with van der Waals surface area (Å²) < 4.78 is 5.48. The number of Topliss-reactive ketones (excluding diaryl/α,β-unsaturated/α-hetero) is 1. The molecule has 1 amide bonds. The van der Waals surface area contributed by atoms with E-state index >= 15 is 0 Å². The number of ether oxygens (including phenoxy) is 1. The number of hydrogen-bond donors (Lipinski definition) is 0. The fourth-order valence-electron chi connectivity index (χ4n) is 1.39. The molecule has 0 spiro atoms. The molecule has 1 saturated heterocycles. The summed E-state index contributed by atoms with van der Waals surface area (Å²) in [5.41, 5.74) is -0.376. The van der Waals surface area contributed by atoms with Gasteiger partial charge in [0.15, 0.2) is 5.88 Å². The van der Waals surface area contributed by atoms with Gasteiger partial charge in [0.25, 0.3) is 0 Å². The fraction of sp³-hybridized carbons (Fsp3) is 0.636. The second kappa shape index (κ2) is 4.04. The molecule has 15 heavy (non-hydrogen) atoms. The first kappa shape index (κ1) is 11.8. The summed E-state index contributed by atoms with van der Waals surface area (Å²) in [6, 6.07) is 0. The Hall–Kier alpha value is -1.32. The first-order valence-electron chi connectivity index (χ1n) is 4.99. The van der Waals surface area contributed by atoms with Crippen molar-refractivity contribution in [1.29, 1.82) is 0 Å².